The molecule has 0 fully saturated rings. The van der Waals surface area contributed by atoms with E-state index in [9.17, 15) is 4.79 Å². The van der Waals surface area contributed by atoms with Crippen molar-refractivity contribution in [2.45, 2.75) is 0 Å². The van der Waals surface area contributed by atoms with Crippen LogP contribution in [0.4, 0.5) is 10.5 Å². The lowest BCUT2D eigenvalue weighted by atomic mass is 10.3. The number of rotatable bonds is 1. The van der Waals surface area contributed by atoms with Crippen LogP contribution in [0.25, 0.3) is 0 Å². The monoisotopic (exact) mass is 169 g/mol. The molecule has 0 atom stereocenters. The highest BCUT2D eigenvalue weighted by Crippen LogP contribution is 2.26. The molecule has 0 saturated heterocycles. The Morgan fingerprint density at radius 2 is 2.00 bits per heavy atom. The number of aromatic hydroxyl groups is 2. The number of hydrogen-bond acceptors (Lipinski definition) is 3. The zero-order valence-corrected chi connectivity index (χ0v) is 5.98. The molecule has 4 N–H and O–H groups in total. The van der Waals surface area contributed by atoms with Crippen molar-refractivity contribution < 1.29 is 20.1 Å². The average Bonchev–Trinajstić information content (AvgIpc) is 1.96. The highest BCUT2D eigenvalue weighted by molar-refractivity contribution is 5.85. The molecule has 0 heterocycles. The summed E-state index contributed by atoms with van der Waals surface area (Å²) in [6.07, 6.45) is -1.30. The summed E-state index contributed by atoms with van der Waals surface area (Å²) in [6, 6.07) is 3.56. The molecule has 1 aromatic carbocycles. The van der Waals surface area contributed by atoms with Crippen LogP contribution in [-0.2, 0) is 0 Å². The third-order valence-electron chi connectivity index (χ3n) is 1.22. The van der Waals surface area contributed by atoms with Crippen LogP contribution in [0.2, 0.25) is 0 Å². The first-order chi connectivity index (χ1) is 5.59. The normalized spacial score (nSPS) is 9.33. The van der Waals surface area contributed by atoms with E-state index in [2.05, 4.69) is 0 Å². The average molecular weight is 169 g/mol. The summed E-state index contributed by atoms with van der Waals surface area (Å²) in [4.78, 5) is 10.1. The number of hydrogen-bond donors (Lipinski definition) is 4. The van der Waals surface area contributed by atoms with E-state index in [1.165, 1.54) is 12.1 Å². The Labute approximate surface area is 67.9 Å². The summed E-state index contributed by atoms with van der Waals surface area (Å²) >= 11 is 0. The highest BCUT2D eigenvalue weighted by Gasteiger charge is 2.04. The van der Waals surface area contributed by atoms with E-state index < -0.39 is 6.09 Å². The summed E-state index contributed by atoms with van der Waals surface area (Å²) < 4.78 is 0. The van der Waals surface area contributed by atoms with Gasteiger partial charge in [0.2, 0.25) is 0 Å². The number of carbonyl (C=O) groups is 1. The molecular weight excluding hydrogens is 162 g/mol. The van der Waals surface area contributed by atoms with Crippen molar-refractivity contribution in [2.24, 2.45) is 0 Å². The van der Waals surface area contributed by atoms with Crippen LogP contribution in [0.15, 0.2) is 18.2 Å². The molecule has 1 rings (SSSR count). The topological polar surface area (TPSA) is 89.8 Å². The third-order valence-corrected chi connectivity index (χ3v) is 1.22. The molecule has 0 bridgehead atoms. The quantitative estimate of drug-likeness (QED) is 0.375. The molecule has 5 nitrogen and oxygen atoms in total. The maximum Gasteiger partial charge on any atom is 0.409 e. The summed E-state index contributed by atoms with van der Waals surface area (Å²) in [6.45, 7) is 0. The molecule has 1 aromatic rings. The number of phenolic OH excluding ortho intramolecular Hbond substituents is 2. The second-order valence-corrected chi connectivity index (χ2v) is 2.13. The standard InChI is InChI=1S/C7H7NO4/c9-4-1-2-6(10)5(3-4)8-7(11)12/h1-3,8-10H,(H,11,12). The summed E-state index contributed by atoms with van der Waals surface area (Å²) in [5, 5.41) is 28.2. The Bertz CT molecular complexity index is 310. The van der Waals surface area contributed by atoms with Gasteiger partial charge in [0.1, 0.15) is 11.5 Å². The molecule has 64 valence electrons. The molecule has 0 aliphatic carbocycles. The van der Waals surface area contributed by atoms with Gasteiger partial charge in [-0.25, -0.2) is 4.79 Å². The maximum absolute atomic E-state index is 10.1. The van der Waals surface area contributed by atoms with Gasteiger partial charge >= 0.3 is 6.09 Å². The van der Waals surface area contributed by atoms with Gasteiger partial charge in [-0.3, -0.25) is 5.32 Å². The predicted octanol–water partition coefficient (Wildman–Crippen LogP) is 1.19. The van der Waals surface area contributed by atoms with Gasteiger partial charge in [0.25, 0.3) is 0 Å². The predicted molar refractivity (Wildman–Crippen MR) is 41.4 cm³/mol. The minimum absolute atomic E-state index is 0.0394. The van der Waals surface area contributed by atoms with Gasteiger partial charge in [0.05, 0.1) is 5.69 Å². The van der Waals surface area contributed by atoms with Gasteiger partial charge in [0.15, 0.2) is 0 Å². The fraction of sp³-hybridized carbons (Fsp3) is 0. The van der Waals surface area contributed by atoms with Gasteiger partial charge in [-0.1, -0.05) is 0 Å². The zero-order chi connectivity index (χ0) is 9.14. The Balaban J connectivity index is 2.97. The van der Waals surface area contributed by atoms with Crippen molar-refractivity contribution in [1.29, 1.82) is 0 Å². The van der Waals surface area contributed by atoms with Gasteiger partial charge < -0.3 is 15.3 Å². The van der Waals surface area contributed by atoms with Crippen LogP contribution < -0.4 is 5.32 Å². The molecule has 0 aliphatic rings. The summed E-state index contributed by atoms with van der Waals surface area (Å²) in [5.41, 5.74) is -0.0394. The van der Waals surface area contributed by atoms with E-state index in [0.29, 0.717) is 0 Å². The van der Waals surface area contributed by atoms with Crippen LogP contribution in [0, 0.1) is 0 Å². The second-order valence-electron chi connectivity index (χ2n) is 2.13. The first-order valence-corrected chi connectivity index (χ1v) is 3.11. The largest absolute Gasteiger partial charge is 0.508 e. The van der Waals surface area contributed by atoms with Crippen molar-refractivity contribution in [2.75, 3.05) is 5.32 Å². The van der Waals surface area contributed by atoms with E-state index in [4.69, 9.17) is 15.3 Å². The number of carboxylic acid groups (broad SMARTS) is 1. The van der Waals surface area contributed by atoms with Gasteiger partial charge in [-0.2, -0.15) is 0 Å². The van der Waals surface area contributed by atoms with E-state index in [-0.39, 0.29) is 17.2 Å². The summed E-state index contributed by atoms with van der Waals surface area (Å²) in [5.74, 6) is -0.341. The van der Waals surface area contributed by atoms with Gasteiger partial charge in [0, 0.05) is 6.07 Å². The van der Waals surface area contributed by atoms with Crippen LogP contribution in [0.5, 0.6) is 11.5 Å². The van der Waals surface area contributed by atoms with Crippen molar-refractivity contribution in [3.8, 4) is 11.5 Å². The second kappa shape index (κ2) is 3.00. The van der Waals surface area contributed by atoms with Gasteiger partial charge in [-0.15, -0.1) is 0 Å². The van der Waals surface area contributed by atoms with E-state index in [1.54, 1.807) is 0 Å². The molecule has 12 heavy (non-hydrogen) atoms. The minimum atomic E-state index is -1.30. The fourth-order valence-corrected chi connectivity index (χ4v) is 0.739. The van der Waals surface area contributed by atoms with Crippen LogP contribution in [0.3, 0.4) is 0 Å². The van der Waals surface area contributed by atoms with Crippen LogP contribution in [-0.4, -0.2) is 21.4 Å². The lowest BCUT2D eigenvalue weighted by molar-refractivity contribution is 0.209. The molecular formula is C7H7NO4. The maximum atomic E-state index is 10.1. The molecule has 0 saturated carbocycles. The first-order valence-electron chi connectivity index (χ1n) is 3.11. The Morgan fingerprint density at radius 3 is 2.58 bits per heavy atom. The number of benzene rings is 1. The molecule has 0 radical (unpaired) electrons. The smallest absolute Gasteiger partial charge is 0.409 e. The highest BCUT2D eigenvalue weighted by atomic mass is 16.4. The molecule has 1 amide bonds. The van der Waals surface area contributed by atoms with Crippen molar-refractivity contribution >= 4 is 11.8 Å². The molecule has 0 unspecified atom stereocenters. The fourth-order valence-electron chi connectivity index (χ4n) is 0.739. The van der Waals surface area contributed by atoms with E-state index in [1.807, 2.05) is 5.32 Å². The number of anilines is 1. The van der Waals surface area contributed by atoms with E-state index in [0.717, 1.165) is 6.07 Å². The number of nitrogens with one attached hydrogen (secondary N) is 1. The molecule has 0 spiro atoms. The minimum Gasteiger partial charge on any atom is -0.508 e. The summed E-state index contributed by atoms with van der Waals surface area (Å²) in [7, 11) is 0. The van der Waals surface area contributed by atoms with Crippen molar-refractivity contribution in [3.63, 3.8) is 0 Å². The number of amides is 1. The lowest BCUT2D eigenvalue weighted by Gasteiger charge is -2.03. The van der Waals surface area contributed by atoms with Crippen molar-refractivity contribution in [1.82, 2.24) is 0 Å². The zero-order valence-electron chi connectivity index (χ0n) is 5.98. The Kier molecular flexibility index (Phi) is 2.05. The van der Waals surface area contributed by atoms with Crippen molar-refractivity contribution in [3.05, 3.63) is 18.2 Å². The number of phenols is 2. The van der Waals surface area contributed by atoms with Gasteiger partial charge in [-0.05, 0) is 12.1 Å². The molecule has 0 aromatic heterocycles. The van der Waals surface area contributed by atoms with Crippen LogP contribution >= 0.6 is 0 Å². The molecule has 0 aliphatic heterocycles. The lowest BCUT2D eigenvalue weighted by Crippen LogP contribution is -2.06. The SMILES string of the molecule is O=C(O)Nc1cc(O)ccc1O. The third kappa shape index (κ3) is 1.79. The van der Waals surface area contributed by atoms with Crippen LogP contribution in [0.1, 0.15) is 0 Å². The Morgan fingerprint density at radius 1 is 1.33 bits per heavy atom. The Hall–Kier alpha value is -1.91. The van der Waals surface area contributed by atoms with E-state index >= 15 is 0 Å². The first kappa shape index (κ1) is 8.19. The molecule has 5 heteroatoms.